The summed E-state index contributed by atoms with van der Waals surface area (Å²) in [5.41, 5.74) is 2.18. The number of H-pyrrole nitrogens is 1. The first-order valence-corrected chi connectivity index (χ1v) is 7.82. The van der Waals surface area contributed by atoms with Crippen LogP contribution < -0.4 is 0 Å². The third-order valence-corrected chi connectivity index (χ3v) is 4.13. The Morgan fingerprint density at radius 2 is 2.11 bits per heavy atom. The summed E-state index contributed by atoms with van der Waals surface area (Å²) in [6.45, 7) is 4.47. The Labute approximate surface area is 124 Å². The molecule has 1 N–H and O–H groups in total. The van der Waals surface area contributed by atoms with Gasteiger partial charge in [0.1, 0.15) is 0 Å². The van der Waals surface area contributed by atoms with E-state index in [-0.39, 0.29) is 0 Å². The van der Waals surface area contributed by atoms with Crippen LogP contribution in [0.5, 0.6) is 0 Å². The van der Waals surface area contributed by atoms with E-state index >= 15 is 0 Å². The van der Waals surface area contributed by atoms with Crippen molar-refractivity contribution in [3.63, 3.8) is 0 Å². The summed E-state index contributed by atoms with van der Waals surface area (Å²) < 4.78 is 2.99. The average molecular weight is 297 g/mol. The fourth-order valence-corrected chi connectivity index (χ4v) is 3.08. The van der Waals surface area contributed by atoms with E-state index < -0.39 is 0 Å². The summed E-state index contributed by atoms with van der Waals surface area (Å²) in [5, 5.41) is 0.758. The molecule has 2 nitrogen and oxygen atoms in total. The van der Waals surface area contributed by atoms with Gasteiger partial charge in [-0.05, 0) is 43.8 Å². The first kappa shape index (κ1) is 14.6. The van der Waals surface area contributed by atoms with Gasteiger partial charge in [-0.3, -0.25) is 0 Å². The maximum absolute atomic E-state index is 6.09. The van der Waals surface area contributed by atoms with E-state index in [4.69, 9.17) is 23.8 Å². The first-order valence-electron chi connectivity index (χ1n) is 7.03. The molecular formula is C15H21ClN2S. The lowest BCUT2D eigenvalue weighted by molar-refractivity contribution is 0.478. The molecule has 0 aliphatic carbocycles. The fraction of sp³-hybridized carbons (Fsp3) is 0.533. The van der Waals surface area contributed by atoms with Crippen LogP contribution >= 0.6 is 23.8 Å². The molecule has 0 saturated heterocycles. The highest BCUT2D eigenvalue weighted by Crippen LogP contribution is 2.25. The number of halogens is 1. The standard InChI is InChI=1S/C15H21ClN2S/c1-3-4-5-6-7-11(2)18-14-10-12(16)8-9-13(14)17-15(18)19/h8-11H,3-7H2,1-2H3,(H,17,19). The summed E-state index contributed by atoms with van der Waals surface area (Å²) >= 11 is 11.5. The summed E-state index contributed by atoms with van der Waals surface area (Å²) in [6.07, 6.45) is 6.31. The quantitative estimate of drug-likeness (QED) is 0.521. The maximum atomic E-state index is 6.09. The molecule has 19 heavy (non-hydrogen) atoms. The van der Waals surface area contributed by atoms with Crippen molar-refractivity contribution in [1.29, 1.82) is 0 Å². The van der Waals surface area contributed by atoms with Crippen LogP contribution in [0.1, 0.15) is 52.0 Å². The minimum atomic E-state index is 0.413. The zero-order chi connectivity index (χ0) is 13.8. The highest BCUT2D eigenvalue weighted by atomic mass is 35.5. The molecule has 0 bridgehead atoms. The van der Waals surface area contributed by atoms with Gasteiger partial charge < -0.3 is 9.55 Å². The average Bonchev–Trinajstić information content (AvgIpc) is 2.70. The molecule has 1 heterocycles. The van der Waals surface area contributed by atoms with Crippen LogP contribution in [0.4, 0.5) is 0 Å². The Bertz CT molecular complexity index is 600. The highest BCUT2D eigenvalue weighted by molar-refractivity contribution is 7.71. The molecule has 0 saturated carbocycles. The molecular weight excluding hydrogens is 276 g/mol. The Balaban J connectivity index is 2.21. The number of hydrogen-bond donors (Lipinski definition) is 1. The molecule has 4 heteroatoms. The number of aromatic nitrogens is 2. The molecule has 104 valence electrons. The van der Waals surface area contributed by atoms with Crippen molar-refractivity contribution in [1.82, 2.24) is 9.55 Å². The number of fused-ring (bicyclic) bond motifs is 1. The minimum Gasteiger partial charge on any atom is -0.331 e. The van der Waals surface area contributed by atoms with Crippen LogP contribution in [-0.4, -0.2) is 9.55 Å². The van der Waals surface area contributed by atoms with E-state index in [0.717, 1.165) is 27.2 Å². The van der Waals surface area contributed by atoms with Crippen LogP contribution in [0.3, 0.4) is 0 Å². The van der Waals surface area contributed by atoms with Crippen molar-refractivity contribution >= 4 is 34.9 Å². The largest absolute Gasteiger partial charge is 0.331 e. The number of aromatic amines is 1. The van der Waals surface area contributed by atoms with Crippen LogP contribution in [0, 0.1) is 4.77 Å². The van der Waals surface area contributed by atoms with E-state index in [2.05, 4.69) is 23.4 Å². The van der Waals surface area contributed by atoms with Crippen molar-refractivity contribution in [3.8, 4) is 0 Å². The number of hydrogen-bond acceptors (Lipinski definition) is 1. The van der Waals surface area contributed by atoms with E-state index in [1.54, 1.807) is 0 Å². The second kappa shape index (κ2) is 6.58. The lowest BCUT2D eigenvalue weighted by atomic mass is 10.1. The number of nitrogens with zero attached hydrogens (tertiary/aromatic N) is 1. The molecule has 2 aromatic rings. The molecule has 0 fully saturated rings. The number of rotatable bonds is 6. The Kier molecular flexibility index (Phi) is 5.06. The second-order valence-electron chi connectivity index (χ2n) is 5.16. The predicted octanol–water partition coefficient (Wildman–Crippen LogP) is 5.88. The first-order chi connectivity index (χ1) is 9.13. The lowest BCUT2D eigenvalue weighted by Crippen LogP contribution is -2.05. The van der Waals surface area contributed by atoms with Gasteiger partial charge in [-0.1, -0.05) is 44.2 Å². The van der Waals surface area contributed by atoms with Gasteiger partial charge in [-0.25, -0.2) is 0 Å². The molecule has 1 unspecified atom stereocenters. The second-order valence-corrected chi connectivity index (χ2v) is 5.98. The van der Waals surface area contributed by atoms with Crippen LogP contribution in [0.2, 0.25) is 5.02 Å². The predicted molar refractivity (Wildman–Crippen MR) is 85.6 cm³/mol. The zero-order valence-electron chi connectivity index (χ0n) is 11.6. The van der Waals surface area contributed by atoms with Crippen LogP contribution in [0.25, 0.3) is 11.0 Å². The normalized spacial score (nSPS) is 13.0. The molecule has 1 aromatic heterocycles. The Hall–Kier alpha value is -0.800. The van der Waals surface area contributed by atoms with Gasteiger partial charge in [0, 0.05) is 11.1 Å². The number of benzene rings is 1. The molecule has 0 aliphatic rings. The molecule has 1 atom stereocenters. The topological polar surface area (TPSA) is 20.7 Å². The third-order valence-electron chi connectivity index (χ3n) is 3.60. The van der Waals surface area contributed by atoms with Gasteiger partial charge in [0.2, 0.25) is 0 Å². The number of imidazole rings is 1. The van der Waals surface area contributed by atoms with Gasteiger partial charge in [-0.2, -0.15) is 0 Å². The summed E-state index contributed by atoms with van der Waals surface area (Å²) in [4.78, 5) is 3.26. The van der Waals surface area contributed by atoms with Crippen molar-refractivity contribution in [2.75, 3.05) is 0 Å². The minimum absolute atomic E-state index is 0.413. The highest BCUT2D eigenvalue weighted by Gasteiger charge is 2.11. The summed E-state index contributed by atoms with van der Waals surface area (Å²) in [5.74, 6) is 0. The van der Waals surface area contributed by atoms with E-state index in [0.29, 0.717) is 6.04 Å². The van der Waals surface area contributed by atoms with E-state index in [9.17, 15) is 0 Å². The van der Waals surface area contributed by atoms with Gasteiger partial charge >= 0.3 is 0 Å². The van der Waals surface area contributed by atoms with Gasteiger partial charge in [0.05, 0.1) is 11.0 Å². The summed E-state index contributed by atoms with van der Waals surface area (Å²) in [7, 11) is 0. The molecule has 0 spiro atoms. The fourth-order valence-electron chi connectivity index (χ4n) is 2.53. The summed E-state index contributed by atoms with van der Waals surface area (Å²) in [6, 6.07) is 6.29. The molecule has 2 rings (SSSR count). The molecule has 0 radical (unpaired) electrons. The van der Waals surface area contributed by atoms with Gasteiger partial charge in [0.15, 0.2) is 4.77 Å². The number of nitrogens with one attached hydrogen (secondary N) is 1. The molecule has 0 aliphatic heterocycles. The lowest BCUT2D eigenvalue weighted by Gasteiger charge is -2.14. The Morgan fingerprint density at radius 3 is 2.84 bits per heavy atom. The zero-order valence-corrected chi connectivity index (χ0v) is 13.2. The monoisotopic (exact) mass is 296 g/mol. The SMILES string of the molecule is CCCCCCC(C)n1c(=S)[nH]c2ccc(Cl)cc21. The van der Waals surface area contributed by atoms with Crippen LogP contribution in [-0.2, 0) is 0 Å². The van der Waals surface area contributed by atoms with E-state index in [1.165, 1.54) is 25.7 Å². The van der Waals surface area contributed by atoms with Crippen molar-refractivity contribution in [2.45, 2.75) is 52.0 Å². The van der Waals surface area contributed by atoms with Crippen molar-refractivity contribution in [3.05, 3.63) is 28.0 Å². The smallest absolute Gasteiger partial charge is 0.178 e. The van der Waals surface area contributed by atoms with Crippen molar-refractivity contribution in [2.24, 2.45) is 0 Å². The van der Waals surface area contributed by atoms with Gasteiger partial charge in [-0.15, -0.1) is 0 Å². The number of unbranched alkanes of at least 4 members (excludes halogenated alkanes) is 3. The van der Waals surface area contributed by atoms with E-state index in [1.807, 2.05) is 18.2 Å². The third kappa shape index (κ3) is 3.40. The molecule has 0 amide bonds. The van der Waals surface area contributed by atoms with Gasteiger partial charge in [0.25, 0.3) is 0 Å². The Morgan fingerprint density at radius 1 is 1.32 bits per heavy atom. The van der Waals surface area contributed by atoms with Crippen LogP contribution in [0.15, 0.2) is 18.2 Å². The van der Waals surface area contributed by atoms with Crippen molar-refractivity contribution < 1.29 is 0 Å². The maximum Gasteiger partial charge on any atom is 0.178 e. The molecule has 1 aromatic carbocycles.